The largest absolute Gasteiger partial charge is 0.373 e. The summed E-state index contributed by atoms with van der Waals surface area (Å²) in [5.41, 5.74) is 0. The number of hydrogen-bond donors (Lipinski definition) is 0. The number of hydrogen-bond acceptors (Lipinski definition) is 2. The number of carbonyl (C=O) groups excluding carboxylic acids is 1. The highest BCUT2D eigenvalue weighted by Crippen LogP contribution is 2.36. The standard InChI is InChI=1S/C19H36O2/c1-15(2)9-7-5-6-8-10-18(20)13-21-14-19-16(3)11-12-17(19)4/h15-17,19H,5-14H2,1-4H3. The zero-order valence-corrected chi connectivity index (χ0v) is 14.7. The minimum absolute atomic E-state index is 0.289. The van der Waals surface area contributed by atoms with Crippen LogP contribution in [-0.4, -0.2) is 19.0 Å². The van der Waals surface area contributed by atoms with Gasteiger partial charge < -0.3 is 4.74 Å². The molecule has 1 saturated carbocycles. The molecule has 2 atom stereocenters. The van der Waals surface area contributed by atoms with E-state index in [2.05, 4.69) is 27.7 Å². The van der Waals surface area contributed by atoms with Gasteiger partial charge in [0.05, 0.1) is 6.61 Å². The molecule has 0 N–H and O–H groups in total. The molecule has 1 fully saturated rings. The van der Waals surface area contributed by atoms with E-state index in [0.717, 1.165) is 30.8 Å². The van der Waals surface area contributed by atoms with Crippen molar-refractivity contribution in [3.63, 3.8) is 0 Å². The first-order valence-electron chi connectivity index (χ1n) is 9.10. The summed E-state index contributed by atoms with van der Waals surface area (Å²) in [6, 6.07) is 0. The van der Waals surface area contributed by atoms with Crippen LogP contribution in [0.15, 0.2) is 0 Å². The van der Waals surface area contributed by atoms with Gasteiger partial charge in [-0.1, -0.05) is 66.2 Å². The van der Waals surface area contributed by atoms with E-state index < -0.39 is 0 Å². The summed E-state index contributed by atoms with van der Waals surface area (Å²) in [4.78, 5) is 11.8. The van der Waals surface area contributed by atoms with Crippen LogP contribution in [0.3, 0.4) is 0 Å². The monoisotopic (exact) mass is 296 g/mol. The van der Waals surface area contributed by atoms with Gasteiger partial charge in [0.15, 0.2) is 5.78 Å². The van der Waals surface area contributed by atoms with Gasteiger partial charge in [-0.15, -0.1) is 0 Å². The molecule has 124 valence electrons. The summed E-state index contributed by atoms with van der Waals surface area (Å²) in [6.45, 7) is 10.3. The quantitative estimate of drug-likeness (QED) is 0.487. The average molecular weight is 296 g/mol. The summed E-state index contributed by atoms with van der Waals surface area (Å²) in [5, 5.41) is 0. The topological polar surface area (TPSA) is 26.3 Å². The molecule has 1 aliphatic rings. The van der Waals surface area contributed by atoms with Crippen LogP contribution in [0.2, 0.25) is 0 Å². The molecule has 0 aromatic rings. The Morgan fingerprint density at radius 1 is 1.05 bits per heavy atom. The Labute approximate surface area is 132 Å². The van der Waals surface area contributed by atoms with Gasteiger partial charge in [0.25, 0.3) is 0 Å². The molecule has 2 unspecified atom stereocenters. The fourth-order valence-electron chi connectivity index (χ4n) is 3.45. The van der Waals surface area contributed by atoms with Crippen LogP contribution < -0.4 is 0 Å². The molecule has 2 heteroatoms. The summed E-state index contributed by atoms with van der Waals surface area (Å²) in [5.74, 6) is 3.28. The minimum Gasteiger partial charge on any atom is -0.373 e. The van der Waals surface area contributed by atoms with Crippen molar-refractivity contribution < 1.29 is 9.53 Å². The second kappa shape index (κ2) is 10.4. The minimum atomic E-state index is 0.289. The van der Waals surface area contributed by atoms with E-state index in [4.69, 9.17) is 4.74 Å². The Kier molecular flexibility index (Phi) is 9.23. The molecule has 1 rings (SSSR count). The van der Waals surface area contributed by atoms with Crippen molar-refractivity contribution in [2.75, 3.05) is 13.2 Å². The van der Waals surface area contributed by atoms with Gasteiger partial charge in [0.2, 0.25) is 0 Å². The van der Waals surface area contributed by atoms with Gasteiger partial charge in [-0.25, -0.2) is 0 Å². The lowest BCUT2D eigenvalue weighted by Gasteiger charge is -2.19. The molecule has 2 nitrogen and oxygen atoms in total. The molecule has 0 aromatic heterocycles. The smallest absolute Gasteiger partial charge is 0.158 e. The number of Topliss-reactive ketones (excluding diaryl/α,β-unsaturated/α-hetero) is 1. The Morgan fingerprint density at radius 3 is 2.29 bits per heavy atom. The van der Waals surface area contributed by atoms with Crippen molar-refractivity contribution in [3.05, 3.63) is 0 Å². The predicted octanol–water partition coefficient (Wildman–Crippen LogP) is 5.25. The zero-order chi connectivity index (χ0) is 15.7. The highest BCUT2D eigenvalue weighted by atomic mass is 16.5. The van der Waals surface area contributed by atoms with E-state index in [1.165, 1.54) is 38.5 Å². The van der Waals surface area contributed by atoms with Crippen LogP contribution >= 0.6 is 0 Å². The number of unbranched alkanes of at least 4 members (excludes halogenated alkanes) is 3. The SMILES string of the molecule is CC(C)CCCCCCC(=O)COCC1C(C)CCC1C. The third-order valence-electron chi connectivity index (χ3n) is 5.10. The Hall–Kier alpha value is -0.370. The average Bonchev–Trinajstić information content (AvgIpc) is 2.74. The number of ether oxygens (including phenoxy) is 1. The van der Waals surface area contributed by atoms with E-state index in [9.17, 15) is 4.79 Å². The van der Waals surface area contributed by atoms with Gasteiger partial charge in [-0.05, 0) is 30.1 Å². The number of rotatable bonds is 11. The van der Waals surface area contributed by atoms with Crippen LogP contribution in [0, 0.1) is 23.7 Å². The Bertz CT molecular complexity index is 275. The molecule has 1 aliphatic carbocycles. The van der Waals surface area contributed by atoms with Crippen molar-refractivity contribution in [1.29, 1.82) is 0 Å². The molecule has 0 aliphatic heterocycles. The lowest BCUT2D eigenvalue weighted by atomic mass is 9.93. The van der Waals surface area contributed by atoms with E-state index >= 15 is 0 Å². The van der Waals surface area contributed by atoms with Crippen LogP contribution in [0.5, 0.6) is 0 Å². The highest BCUT2D eigenvalue weighted by molar-refractivity contribution is 5.79. The van der Waals surface area contributed by atoms with E-state index in [1.54, 1.807) is 0 Å². The molecule has 0 amide bonds. The van der Waals surface area contributed by atoms with Gasteiger partial charge in [-0.2, -0.15) is 0 Å². The lowest BCUT2D eigenvalue weighted by Crippen LogP contribution is -2.20. The maximum Gasteiger partial charge on any atom is 0.158 e. The molecule has 0 aromatic carbocycles. The van der Waals surface area contributed by atoms with Crippen LogP contribution in [-0.2, 0) is 9.53 Å². The zero-order valence-electron chi connectivity index (χ0n) is 14.7. The Morgan fingerprint density at radius 2 is 1.67 bits per heavy atom. The first-order chi connectivity index (χ1) is 10.0. The fourth-order valence-corrected chi connectivity index (χ4v) is 3.45. The first kappa shape index (κ1) is 18.7. The normalized spacial score (nSPS) is 25.7. The second-order valence-electron chi connectivity index (χ2n) is 7.60. The van der Waals surface area contributed by atoms with E-state index in [-0.39, 0.29) is 5.78 Å². The summed E-state index contributed by atoms with van der Waals surface area (Å²) >= 11 is 0. The van der Waals surface area contributed by atoms with Crippen molar-refractivity contribution in [1.82, 2.24) is 0 Å². The van der Waals surface area contributed by atoms with Gasteiger partial charge >= 0.3 is 0 Å². The second-order valence-corrected chi connectivity index (χ2v) is 7.60. The van der Waals surface area contributed by atoms with Crippen LogP contribution in [0.4, 0.5) is 0 Å². The highest BCUT2D eigenvalue weighted by Gasteiger charge is 2.30. The van der Waals surface area contributed by atoms with Crippen LogP contribution in [0.25, 0.3) is 0 Å². The van der Waals surface area contributed by atoms with Crippen LogP contribution in [0.1, 0.15) is 79.1 Å². The van der Waals surface area contributed by atoms with Crippen molar-refractivity contribution in [3.8, 4) is 0 Å². The molecule has 0 radical (unpaired) electrons. The molecule has 0 saturated heterocycles. The van der Waals surface area contributed by atoms with Gasteiger partial charge in [0.1, 0.15) is 6.61 Å². The molecule has 0 spiro atoms. The number of carbonyl (C=O) groups is 1. The summed E-state index contributed by atoms with van der Waals surface area (Å²) in [6.07, 6.45) is 9.46. The summed E-state index contributed by atoms with van der Waals surface area (Å²) in [7, 11) is 0. The molecule has 0 bridgehead atoms. The van der Waals surface area contributed by atoms with Crippen molar-refractivity contribution >= 4 is 5.78 Å². The molecular formula is C19H36O2. The maximum atomic E-state index is 11.8. The number of ketones is 1. The third kappa shape index (κ3) is 7.99. The van der Waals surface area contributed by atoms with E-state index in [0.29, 0.717) is 18.9 Å². The van der Waals surface area contributed by atoms with Gasteiger partial charge in [-0.3, -0.25) is 4.79 Å². The third-order valence-corrected chi connectivity index (χ3v) is 5.10. The maximum absolute atomic E-state index is 11.8. The molecular weight excluding hydrogens is 260 g/mol. The first-order valence-corrected chi connectivity index (χ1v) is 9.10. The lowest BCUT2D eigenvalue weighted by molar-refractivity contribution is -0.124. The molecule has 21 heavy (non-hydrogen) atoms. The van der Waals surface area contributed by atoms with Gasteiger partial charge in [0, 0.05) is 6.42 Å². The molecule has 0 heterocycles. The Balaban J connectivity index is 1.96. The fraction of sp³-hybridized carbons (Fsp3) is 0.947. The van der Waals surface area contributed by atoms with Crippen molar-refractivity contribution in [2.24, 2.45) is 23.7 Å². The predicted molar refractivity (Wildman–Crippen MR) is 89.4 cm³/mol. The summed E-state index contributed by atoms with van der Waals surface area (Å²) < 4.78 is 5.68. The van der Waals surface area contributed by atoms with Crippen molar-refractivity contribution in [2.45, 2.75) is 79.1 Å². The van der Waals surface area contributed by atoms with E-state index in [1.807, 2.05) is 0 Å².